The molecule has 0 bridgehead atoms. The van der Waals surface area contributed by atoms with E-state index < -0.39 is 5.54 Å². The number of hydrogen-bond donors (Lipinski definition) is 2. The van der Waals surface area contributed by atoms with Gasteiger partial charge in [0.25, 0.3) is 0 Å². The summed E-state index contributed by atoms with van der Waals surface area (Å²) in [5.41, 5.74) is 4.95. The Morgan fingerprint density at radius 1 is 1.86 bits per heavy atom. The minimum Gasteiger partial charge on any atom is -0.314 e. The minimum absolute atomic E-state index is 0.234. The molecule has 2 atom stereocenters. The van der Waals surface area contributed by atoms with Gasteiger partial charge in [-0.2, -0.15) is 10.4 Å². The van der Waals surface area contributed by atoms with E-state index in [0.29, 0.717) is 6.42 Å². The summed E-state index contributed by atoms with van der Waals surface area (Å²) in [5.74, 6) is 0. The van der Waals surface area contributed by atoms with Crippen LogP contribution in [0, 0.1) is 11.3 Å². The molecule has 1 aromatic heterocycles. The van der Waals surface area contributed by atoms with Gasteiger partial charge >= 0.3 is 0 Å². The molecule has 1 heterocycles. The Bertz CT molecular complexity index is 313. The first-order valence-corrected chi connectivity index (χ1v) is 5.13. The lowest BCUT2D eigenvalue weighted by molar-refractivity contribution is 0.545. The third-order valence-electron chi connectivity index (χ3n) is 1.67. The lowest BCUT2D eigenvalue weighted by atomic mass is 10.00. The topological polar surface area (TPSA) is 91.4 Å². The van der Waals surface area contributed by atoms with Crippen LogP contribution in [0.2, 0.25) is 0 Å². The summed E-state index contributed by atoms with van der Waals surface area (Å²) in [6.07, 6.45) is 2.08. The minimum atomic E-state index is -0.771. The van der Waals surface area contributed by atoms with E-state index >= 15 is 0 Å². The Hall–Kier alpha value is -1.06. The van der Waals surface area contributed by atoms with Gasteiger partial charge in [0.05, 0.1) is 6.07 Å². The molecular weight excluding hydrogens is 198 g/mol. The van der Waals surface area contributed by atoms with Crippen molar-refractivity contribution in [2.45, 2.75) is 36.2 Å². The smallest absolute Gasteiger partial charge is 0.183 e. The van der Waals surface area contributed by atoms with Crippen LogP contribution >= 0.6 is 11.8 Å². The molecule has 0 amide bonds. The van der Waals surface area contributed by atoms with Crippen LogP contribution in [-0.4, -0.2) is 26.0 Å². The maximum Gasteiger partial charge on any atom is 0.183 e. The third kappa shape index (κ3) is 3.36. The Balaban J connectivity index is 2.45. The van der Waals surface area contributed by atoms with Crippen molar-refractivity contribution >= 4 is 11.8 Å². The SMILES string of the molecule is CC(CC(C)(N)C#N)Sc1ncn[nH]1. The number of nitrogens with two attached hydrogens (primary N) is 1. The number of H-pyrrole nitrogens is 1. The van der Waals surface area contributed by atoms with Gasteiger partial charge in [-0.05, 0) is 13.3 Å². The summed E-state index contributed by atoms with van der Waals surface area (Å²) in [4.78, 5) is 3.98. The lowest BCUT2D eigenvalue weighted by Gasteiger charge is -2.18. The van der Waals surface area contributed by atoms with Crippen molar-refractivity contribution in [2.75, 3.05) is 0 Å². The fourth-order valence-electron chi connectivity index (χ4n) is 1.13. The van der Waals surface area contributed by atoms with Crippen molar-refractivity contribution in [1.29, 1.82) is 5.26 Å². The lowest BCUT2D eigenvalue weighted by Crippen LogP contribution is -2.36. The molecule has 0 aliphatic heterocycles. The maximum absolute atomic E-state index is 8.75. The van der Waals surface area contributed by atoms with E-state index in [1.165, 1.54) is 18.1 Å². The second-order valence-corrected chi connectivity index (χ2v) is 4.88. The van der Waals surface area contributed by atoms with Crippen molar-refractivity contribution in [3.05, 3.63) is 6.33 Å². The molecule has 0 saturated heterocycles. The Labute approximate surface area is 87.1 Å². The van der Waals surface area contributed by atoms with Crippen LogP contribution in [0.1, 0.15) is 20.3 Å². The Morgan fingerprint density at radius 3 is 3.07 bits per heavy atom. The van der Waals surface area contributed by atoms with E-state index in [1.54, 1.807) is 6.92 Å². The molecule has 0 fully saturated rings. The van der Waals surface area contributed by atoms with Crippen LogP contribution < -0.4 is 5.73 Å². The van der Waals surface area contributed by atoms with Gasteiger partial charge in [-0.15, -0.1) is 0 Å². The van der Waals surface area contributed by atoms with E-state index in [2.05, 4.69) is 21.3 Å². The van der Waals surface area contributed by atoms with Gasteiger partial charge in [0.2, 0.25) is 0 Å². The van der Waals surface area contributed by atoms with Gasteiger partial charge in [-0.25, -0.2) is 4.98 Å². The number of thioether (sulfide) groups is 1. The normalized spacial score (nSPS) is 17.0. The molecule has 14 heavy (non-hydrogen) atoms. The second-order valence-electron chi connectivity index (χ2n) is 3.45. The highest BCUT2D eigenvalue weighted by molar-refractivity contribution is 7.99. The quantitative estimate of drug-likeness (QED) is 0.722. The fraction of sp³-hybridized carbons (Fsp3) is 0.625. The zero-order valence-corrected chi connectivity index (χ0v) is 9.01. The molecule has 0 saturated carbocycles. The molecule has 0 aromatic carbocycles. The van der Waals surface area contributed by atoms with Gasteiger partial charge < -0.3 is 5.73 Å². The van der Waals surface area contributed by atoms with Crippen LogP contribution in [-0.2, 0) is 0 Å². The largest absolute Gasteiger partial charge is 0.314 e. The fourth-order valence-corrected chi connectivity index (χ4v) is 2.15. The van der Waals surface area contributed by atoms with E-state index in [4.69, 9.17) is 11.0 Å². The van der Waals surface area contributed by atoms with E-state index in [-0.39, 0.29) is 5.25 Å². The Morgan fingerprint density at radius 2 is 2.57 bits per heavy atom. The zero-order chi connectivity index (χ0) is 10.6. The van der Waals surface area contributed by atoms with Crippen LogP contribution in [0.3, 0.4) is 0 Å². The molecule has 0 aliphatic rings. The molecule has 76 valence electrons. The van der Waals surface area contributed by atoms with E-state index in [0.717, 1.165) is 5.16 Å². The van der Waals surface area contributed by atoms with Crippen LogP contribution in [0.5, 0.6) is 0 Å². The molecular formula is C8H13N5S. The zero-order valence-electron chi connectivity index (χ0n) is 8.19. The summed E-state index contributed by atoms with van der Waals surface area (Å²) < 4.78 is 0. The molecule has 0 aliphatic carbocycles. The van der Waals surface area contributed by atoms with Crippen LogP contribution in [0.25, 0.3) is 0 Å². The van der Waals surface area contributed by atoms with Crippen molar-refractivity contribution in [2.24, 2.45) is 5.73 Å². The molecule has 3 N–H and O–H groups in total. The van der Waals surface area contributed by atoms with Crippen molar-refractivity contribution in [3.63, 3.8) is 0 Å². The van der Waals surface area contributed by atoms with E-state index in [1.807, 2.05) is 6.92 Å². The van der Waals surface area contributed by atoms with Gasteiger partial charge in [0, 0.05) is 5.25 Å². The summed E-state index contributed by atoms with van der Waals surface area (Å²) in [6, 6.07) is 2.07. The van der Waals surface area contributed by atoms with Crippen molar-refractivity contribution in [3.8, 4) is 6.07 Å². The highest BCUT2D eigenvalue weighted by Crippen LogP contribution is 2.24. The molecule has 1 aromatic rings. The van der Waals surface area contributed by atoms with Crippen LogP contribution in [0.4, 0.5) is 0 Å². The van der Waals surface area contributed by atoms with Gasteiger partial charge in [0.1, 0.15) is 11.9 Å². The summed E-state index contributed by atoms with van der Waals surface area (Å²) in [6.45, 7) is 3.74. The maximum atomic E-state index is 8.75. The first kappa shape index (κ1) is 11.0. The predicted octanol–water partition coefficient (Wildman–Crippen LogP) is 0.916. The highest BCUT2D eigenvalue weighted by Gasteiger charge is 2.21. The Kier molecular flexibility index (Phi) is 3.49. The number of hydrogen-bond acceptors (Lipinski definition) is 5. The van der Waals surface area contributed by atoms with Gasteiger partial charge in [0.15, 0.2) is 5.16 Å². The number of rotatable bonds is 4. The summed E-state index contributed by atoms with van der Waals surface area (Å²) in [7, 11) is 0. The molecule has 0 radical (unpaired) electrons. The molecule has 6 heteroatoms. The number of aromatic amines is 1. The number of nitrogens with zero attached hydrogens (tertiary/aromatic N) is 3. The average Bonchev–Trinajstić information content (AvgIpc) is 2.55. The number of aromatic nitrogens is 3. The first-order valence-electron chi connectivity index (χ1n) is 4.25. The first-order chi connectivity index (χ1) is 6.53. The summed E-state index contributed by atoms with van der Waals surface area (Å²) in [5, 5.41) is 16.2. The highest BCUT2D eigenvalue weighted by atomic mass is 32.2. The number of nitriles is 1. The summed E-state index contributed by atoms with van der Waals surface area (Å²) >= 11 is 1.53. The van der Waals surface area contributed by atoms with Crippen molar-refractivity contribution in [1.82, 2.24) is 15.2 Å². The number of nitrogens with one attached hydrogen (secondary N) is 1. The average molecular weight is 211 g/mol. The van der Waals surface area contributed by atoms with E-state index in [9.17, 15) is 0 Å². The predicted molar refractivity (Wildman–Crippen MR) is 54.5 cm³/mol. The molecule has 0 spiro atoms. The monoisotopic (exact) mass is 211 g/mol. The molecule has 1 rings (SSSR count). The standard InChI is InChI=1S/C8H13N5S/c1-6(3-8(2,10)4-9)14-7-11-5-12-13-7/h5-6H,3,10H2,1-2H3,(H,11,12,13). The van der Waals surface area contributed by atoms with Gasteiger partial charge in [-0.3, -0.25) is 5.10 Å². The van der Waals surface area contributed by atoms with Crippen LogP contribution in [0.15, 0.2) is 11.5 Å². The second kappa shape index (κ2) is 4.44. The molecule has 2 unspecified atom stereocenters. The molecule has 5 nitrogen and oxygen atoms in total. The third-order valence-corrected chi connectivity index (χ3v) is 2.66. The van der Waals surface area contributed by atoms with Crippen molar-refractivity contribution < 1.29 is 0 Å². The van der Waals surface area contributed by atoms with Gasteiger partial charge in [-0.1, -0.05) is 18.7 Å².